The molecule has 0 heterocycles. The van der Waals surface area contributed by atoms with E-state index >= 15 is 0 Å². The molecule has 0 rings (SSSR count). The zero-order valence-corrected chi connectivity index (χ0v) is 7.47. The lowest BCUT2D eigenvalue weighted by molar-refractivity contribution is -0.859. The Morgan fingerprint density at radius 3 is 1.38 bits per heavy atom. The first-order chi connectivity index (χ1) is 6.41. The number of rotatable bonds is 10. The van der Waals surface area contributed by atoms with Crippen LogP contribution in [-0.2, 0) is 53.6 Å². The van der Waals surface area contributed by atoms with Crippen LogP contribution in [-0.4, -0.2) is 5.26 Å². The molecule has 0 aliphatic carbocycles. The lowest BCUT2D eigenvalue weighted by atomic mass is 14.1. The third kappa shape index (κ3) is 12.2. The molecule has 0 bridgehead atoms. The molecule has 0 amide bonds. The Bertz CT molecular complexity index is 71.2. The molecule has 80 valence electrons. The summed E-state index contributed by atoms with van der Waals surface area (Å²) in [6.07, 6.45) is 0. The number of halogens is 1. The van der Waals surface area contributed by atoms with Gasteiger partial charge in [0.05, 0.1) is 0 Å². The van der Waals surface area contributed by atoms with Crippen LogP contribution in [0.3, 0.4) is 0 Å². The Morgan fingerprint density at radius 2 is 1.00 bits per heavy atom. The lowest BCUT2D eigenvalue weighted by Crippen LogP contribution is -2.02. The Balaban J connectivity index is 2.76. The molecule has 13 heteroatoms. The first kappa shape index (κ1) is 13.2. The molecule has 0 saturated carbocycles. The molecule has 0 fully saturated rings. The molecule has 0 aromatic heterocycles. The van der Waals surface area contributed by atoms with E-state index in [0.29, 0.717) is 0 Å². The molecule has 0 aromatic carbocycles. The maximum atomic E-state index is 7.44. The van der Waals surface area contributed by atoms with E-state index < -0.39 is 0 Å². The standard InChI is InChI=1S/HIO12/c1-3-5-7-9-11-13-12-10-8-6-4-2/h2H. The summed E-state index contributed by atoms with van der Waals surface area (Å²) in [4.78, 5) is 0. The van der Waals surface area contributed by atoms with Crippen LogP contribution in [0.2, 0.25) is 0 Å². The van der Waals surface area contributed by atoms with E-state index in [1.807, 2.05) is 0 Å². The van der Waals surface area contributed by atoms with Crippen molar-refractivity contribution >= 4 is 23.0 Å². The van der Waals surface area contributed by atoms with Crippen LogP contribution < -0.4 is 0 Å². The fourth-order valence-corrected chi connectivity index (χ4v) is 0.162. The van der Waals surface area contributed by atoms with Crippen LogP contribution in [0.1, 0.15) is 0 Å². The van der Waals surface area contributed by atoms with E-state index in [1.165, 1.54) is 23.0 Å². The first-order valence-corrected chi connectivity index (χ1v) is 2.88. The molecular weight excluding hydrogens is 319 g/mol. The van der Waals surface area contributed by atoms with E-state index in [2.05, 4.69) is 53.6 Å². The maximum Gasteiger partial charge on any atom is 0.158 e. The summed E-state index contributed by atoms with van der Waals surface area (Å²) in [6, 6.07) is 0. The van der Waals surface area contributed by atoms with Crippen LogP contribution in [0, 0.1) is 0 Å². The van der Waals surface area contributed by atoms with Gasteiger partial charge >= 0.3 is 0 Å². The van der Waals surface area contributed by atoms with Gasteiger partial charge in [-0.05, 0) is 50.4 Å². The molecule has 0 atom stereocenters. The largest absolute Gasteiger partial charge is 0.219 e. The lowest BCUT2D eigenvalue weighted by Gasteiger charge is -1.96. The second-order valence-electron chi connectivity index (χ2n) is 0.750. The Kier molecular flexibility index (Phi) is 12.5. The van der Waals surface area contributed by atoms with Crippen molar-refractivity contribution in [3.8, 4) is 0 Å². The molecule has 0 spiro atoms. The topological polar surface area (TPSA) is 122 Å². The van der Waals surface area contributed by atoms with Gasteiger partial charge in [0.15, 0.2) is 23.0 Å². The normalized spacial score (nSPS) is 10.6. The predicted octanol–water partition coefficient (Wildman–Crippen LogP) is 0.142. The second kappa shape index (κ2) is 12.2. The van der Waals surface area contributed by atoms with Crippen molar-refractivity contribution < 1.29 is 58.9 Å². The average molecular weight is 320 g/mol. The average Bonchev–Trinajstić information content (AvgIpc) is 2.16. The van der Waals surface area contributed by atoms with Crippen LogP contribution >= 0.6 is 23.0 Å². The highest BCUT2D eigenvalue weighted by Crippen LogP contribution is 1.92. The summed E-state index contributed by atoms with van der Waals surface area (Å²) in [5.74, 6) is 0. The van der Waals surface area contributed by atoms with Gasteiger partial charge in [0, 0.05) is 0 Å². The highest BCUT2D eigenvalue weighted by atomic mass is 127. The molecule has 0 aromatic rings. The van der Waals surface area contributed by atoms with Gasteiger partial charge in [-0.2, -0.15) is 0 Å². The minimum absolute atomic E-state index is 1.32. The number of hydrogen-bond acceptors (Lipinski definition) is 12. The van der Waals surface area contributed by atoms with Crippen molar-refractivity contribution in [2.45, 2.75) is 0 Å². The highest BCUT2D eigenvalue weighted by Gasteiger charge is 1.95. The highest BCUT2D eigenvalue weighted by molar-refractivity contribution is 14.1. The van der Waals surface area contributed by atoms with E-state index in [0.717, 1.165) is 0 Å². The minimum atomic E-state index is 1.32. The summed E-state index contributed by atoms with van der Waals surface area (Å²) >= 11 is 1.32. The van der Waals surface area contributed by atoms with Crippen molar-refractivity contribution in [3.05, 3.63) is 0 Å². The summed E-state index contributed by atoms with van der Waals surface area (Å²) in [5.41, 5.74) is 0. The smallest absolute Gasteiger partial charge is 0.158 e. The Labute approximate surface area is 82.5 Å². The third-order valence-corrected chi connectivity index (χ3v) is 0.425. The van der Waals surface area contributed by atoms with Gasteiger partial charge in [-0.1, -0.05) is 0 Å². The van der Waals surface area contributed by atoms with Crippen LogP contribution in [0.25, 0.3) is 0 Å². The molecule has 0 aliphatic rings. The van der Waals surface area contributed by atoms with Crippen LogP contribution in [0.15, 0.2) is 0 Å². The third-order valence-electron chi connectivity index (χ3n) is 0.278. The fourth-order valence-electron chi connectivity index (χ4n) is 0.102. The van der Waals surface area contributed by atoms with E-state index in [9.17, 15) is 0 Å². The van der Waals surface area contributed by atoms with Gasteiger partial charge in [-0.3, -0.25) is 0 Å². The maximum absolute atomic E-state index is 7.44. The molecular formula is HIO12. The SMILES string of the molecule is OOOOOOOOOOOOI. The predicted molar refractivity (Wildman–Crippen MR) is 28.6 cm³/mol. The first-order valence-electron chi connectivity index (χ1n) is 2.00. The van der Waals surface area contributed by atoms with Gasteiger partial charge in [-0.15, -0.1) is 3.22 Å². The van der Waals surface area contributed by atoms with Gasteiger partial charge in [-0.25, -0.2) is 5.26 Å². The van der Waals surface area contributed by atoms with E-state index in [4.69, 9.17) is 5.26 Å². The molecule has 0 unspecified atom stereocenters. The molecule has 0 saturated heterocycles. The molecule has 0 aliphatic heterocycles. The number of hydrogen-bond donors (Lipinski definition) is 1. The summed E-state index contributed by atoms with van der Waals surface area (Å²) in [5, 5.41) is 41.5. The molecule has 1 N–H and O–H groups in total. The van der Waals surface area contributed by atoms with Crippen LogP contribution in [0.4, 0.5) is 0 Å². The zero-order valence-electron chi connectivity index (χ0n) is 5.32. The van der Waals surface area contributed by atoms with Crippen LogP contribution in [0.5, 0.6) is 0 Å². The second-order valence-corrected chi connectivity index (χ2v) is 1.11. The van der Waals surface area contributed by atoms with Crippen molar-refractivity contribution in [2.24, 2.45) is 0 Å². The molecule has 0 radical (unpaired) electrons. The monoisotopic (exact) mass is 320 g/mol. The summed E-state index contributed by atoms with van der Waals surface area (Å²) in [6.45, 7) is 0. The summed E-state index contributed by atoms with van der Waals surface area (Å²) < 4.78 is 3.83. The quantitative estimate of drug-likeness (QED) is 0.255. The van der Waals surface area contributed by atoms with Crippen molar-refractivity contribution in [1.29, 1.82) is 0 Å². The Morgan fingerprint density at radius 1 is 0.615 bits per heavy atom. The molecule has 12 nitrogen and oxygen atoms in total. The van der Waals surface area contributed by atoms with Gasteiger partial charge in [0.1, 0.15) is 0 Å². The van der Waals surface area contributed by atoms with Gasteiger partial charge in [0.2, 0.25) is 0 Å². The zero-order chi connectivity index (χ0) is 9.78. The van der Waals surface area contributed by atoms with Crippen molar-refractivity contribution in [1.82, 2.24) is 0 Å². The summed E-state index contributed by atoms with van der Waals surface area (Å²) in [7, 11) is 0. The van der Waals surface area contributed by atoms with E-state index in [1.54, 1.807) is 0 Å². The molecule has 13 heavy (non-hydrogen) atoms. The fraction of sp³-hybridized carbons (Fsp3) is 0. The van der Waals surface area contributed by atoms with Gasteiger partial charge < -0.3 is 0 Å². The van der Waals surface area contributed by atoms with E-state index in [-0.39, 0.29) is 0 Å². The van der Waals surface area contributed by atoms with Crippen molar-refractivity contribution in [3.63, 3.8) is 0 Å². The Hall–Kier alpha value is 0.250. The van der Waals surface area contributed by atoms with Gasteiger partial charge in [0.25, 0.3) is 0 Å². The van der Waals surface area contributed by atoms with Crippen molar-refractivity contribution in [2.75, 3.05) is 0 Å². The minimum Gasteiger partial charge on any atom is -0.219 e.